The molecule has 20 heavy (non-hydrogen) atoms. The predicted molar refractivity (Wildman–Crippen MR) is 75.2 cm³/mol. The molecule has 106 valence electrons. The van der Waals surface area contributed by atoms with Crippen LogP contribution in [0.25, 0.3) is 5.82 Å². The van der Waals surface area contributed by atoms with Gasteiger partial charge < -0.3 is 5.32 Å². The average Bonchev–Trinajstić information content (AvgIpc) is 3.17. The number of nitrogens with one attached hydrogen (secondary N) is 1. The number of rotatable bonds is 6. The van der Waals surface area contributed by atoms with E-state index in [-0.39, 0.29) is 5.82 Å². The van der Waals surface area contributed by atoms with E-state index >= 15 is 0 Å². The molecule has 1 saturated carbocycles. The molecule has 4 nitrogen and oxygen atoms in total. The molecular weight excluding hydrogens is 255 g/mol. The summed E-state index contributed by atoms with van der Waals surface area (Å²) in [6.45, 7) is 2.64. The van der Waals surface area contributed by atoms with Crippen molar-refractivity contribution in [3.63, 3.8) is 0 Å². The molecule has 0 atom stereocenters. The maximum atomic E-state index is 14.6. The zero-order valence-corrected chi connectivity index (χ0v) is 11.6. The van der Waals surface area contributed by atoms with Gasteiger partial charge in [-0.05, 0) is 25.3 Å². The Morgan fingerprint density at radius 1 is 1.35 bits per heavy atom. The Kier molecular flexibility index (Phi) is 3.78. The van der Waals surface area contributed by atoms with Gasteiger partial charge in [-0.1, -0.05) is 6.92 Å². The van der Waals surface area contributed by atoms with Crippen LogP contribution in [0.2, 0.25) is 0 Å². The van der Waals surface area contributed by atoms with Crippen LogP contribution >= 0.6 is 0 Å². The fraction of sp³-hybridized carbons (Fsp3) is 0.467. The summed E-state index contributed by atoms with van der Waals surface area (Å²) in [7, 11) is 0. The summed E-state index contributed by atoms with van der Waals surface area (Å²) in [6.07, 6.45) is 9.32. The standard InChI is InChI=1S/C15H19FN4/c1-2-3-13-17-8-9-20(13)15-14(16)11(6-7-18-15)10-19-12-4-5-12/h6-9,12,19H,2-5,10H2,1H3. The van der Waals surface area contributed by atoms with E-state index in [0.717, 1.165) is 18.7 Å². The molecule has 1 fully saturated rings. The van der Waals surface area contributed by atoms with Crippen molar-refractivity contribution in [2.75, 3.05) is 0 Å². The summed E-state index contributed by atoms with van der Waals surface area (Å²) in [4.78, 5) is 8.47. The van der Waals surface area contributed by atoms with Crippen molar-refractivity contribution in [1.82, 2.24) is 19.9 Å². The number of pyridine rings is 1. The topological polar surface area (TPSA) is 42.7 Å². The van der Waals surface area contributed by atoms with Crippen LogP contribution in [0.5, 0.6) is 0 Å². The summed E-state index contributed by atoms with van der Waals surface area (Å²) in [5, 5.41) is 3.33. The Morgan fingerprint density at radius 3 is 2.95 bits per heavy atom. The lowest BCUT2D eigenvalue weighted by atomic mass is 10.2. The quantitative estimate of drug-likeness (QED) is 0.880. The van der Waals surface area contributed by atoms with Gasteiger partial charge in [0.2, 0.25) is 0 Å². The Hall–Kier alpha value is -1.75. The first-order valence-corrected chi connectivity index (χ1v) is 7.19. The summed E-state index contributed by atoms with van der Waals surface area (Å²) < 4.78 is 16.3. The Balaban J connectivity index is 1.88. The monoisotopic (exact) mass is 274 g/mol. The molecule has 0 aromatic carbocycles. The van der Waals surface area contributed by atoms with Crippen molar-refractivity contribution in [3.05, 3.63) is 41.9 Å². The van der Waals surface area contributed by atoms with Crippen molar-refractivity contribution in [3.8, 4) is 5.82 Å². The van der Waals surface area contributed by atoms with Crippen molar-refractivity contribution >= 4 is 0 Å². The second-order valence-electron chi connectivity index (χ2n) is 5.23. The lowest BCUT2D eigenvalue weighted by Crippen LogP contribution is -2.17. The first-order chi connectivity index (χ1) is 9.79. The van der Waals surface area contributed by atoms with Crippen molar-refractivity contribution in [2.24, 2.45) is 0 Å². The summed E-state index contributed by atoms with van der Waals surface area (Å²) >= 11 is 0. The molecular formula is C15H19FN4. The van der Waals surface area contributed by atoms with E-state index in [1.807, 2.05) is 0 Å². The minimum absolute atomic E-state index is 0.254. The molecule has 5 heteroatoms. The highest BCUT2D eigenvalue weighted by atomic mass is 19.1. The van der Waals surface area contributed by atoms with Gasteiger partial charge in [-0.3, -0.25) is 4.57 Å². The van der Waals surface area contributed by atoms with Crippen molar-refractivity contribution in [1.29, 1.82) is 0 Å². The van der Waals surface area contributed by atoms with Gasteiger partial charge in [0.1, 0.15) is 5.82 Å². The maximum Gasteiger partial charge on any atom is 0.174 e. The number of aromatic nitrogens is 3. The van der Waals surface area contributed by atoms with Crippen LogP contribution in [-0.2, 0) is 13.0 Å². The third-order valence-corrected chi connectivity index (χ3v) is 3.53. The van der Waals surface area contributed by atoms with Gasteiger partial charge in [-0.25, -0.2) is 14.4 Å². The van der Waals surface area contributed by atoms with Gasteiger partial charge in [0.25, 0.3) is 0 Å². The molecule has 0 amide bonds. The molecule has 1 aliphatic carbocycles. The Bertz CT molecular complexity index is 589. The van der Waals surface area contributed by atoms with E-state index in [1.54, 1.807) is 29.2 Å². The lowest BCUT2D eigenvalue weighted by molar-refractivity contribution is 0.570. The minimum atomic E-state index is -0.254. The number of hydrogen-bond acceptors (Lipinski definition) is 3. The predicted octanol–water partition coefficient (Wildman–Crippen LogP) is 2.61. The van der Waals surface area contributed by atoms with E-state index < -0.39 is 0 Å². The molecule has 3 rings (SSSR count). The van der Waals surface area contributed by atoms with Gasteiger partial charge in [-0.15, -0.1) is 0 Å². The summed E-state index contributed by atoms with van der Waals surface area (Å²) in [5.41, 5.74) is 0.665. The van der Waals surface area contributed by atoms with Crippen LogP contribution < -0.4 is 5.32 Å². The molecule has 2 heterocycles. The maximum absolute atomic E-state index is 14.6. The van der Waals surface area contributed by atoms with Crippen LogP contribution in [0, 0.1) is 5.82 Å². The fourth-order valence-corrected chi connectivity index (χ4v) is 2.25. The van der Waals surface area contributed by atoms with E-state index in [2.05, 4.69) is 22.2 Å². The van der Waals surface area contributed by atoms with Crippen LogP contribution in [0.4, 0.5) is 4.39 Å². The molecule has 1 N–H and O–H groups in total. The highest BCUT2D eigenvalue weighted by Gasteiger charge is 2.21. The molecule has 0 spiro atoms. The van der Waals surface area contributed by atoms with Crippen molar-refractivity contribution < 1.29 is 4.39 Å². The number of nitrogens with zero attached hydrogens (tertiary/aromatic N) is 3. The van der Waals surface area contributed by atoms with Crippen LogP contribution in [-0.4, -0.2) is 20.6 Å². The molecule has 1 aliphatic rings. The third-order valence-electron chi connectivity index (χ3n) is 3.53. The number of halogens is 1. The fourth-order valence-electron chi connectivity index (χ4n) is 2.25. The van der Waals surface area contributed by atoms with Crippen molar-refractivity contribution in [2.45, 2.75) is 45.2 Å². The smallest absolute Gasteiger partial charge is 0.174 e. The molecule has 2 aromatic rings. The van der Waals surface area contributed by atoms with Gasteiger partial charge >= 0.3 is 0 Å². The minimum Gasteiger partial charge on any atom is -0.310 e. The van der Waals surface area contributed by atoms with Crippen LogP contribution in [0.3, 0.4) is 0 Å². The zero-order valence-electron chi connectivity index (χ0n) is 11.6. The highest BCUT2D eigenvalue weighted by Crippen LogP contribution is 2.21. The van der Waals surface area contributed by atoms with Gasteiger partial charge in [0.15, 0.2) is 11.6 Å². The Morgan fingerprint density at radius 2 is 2.20 bits per heavy atom. The third kappa shape index (κ3) is 2.72. The zero-order chi connectivity index (χ0) is 13.9. The van der Waals surface area contributed by atoms with E-state index in [0.29, 0.717) is 24.0 Å². The molecule has 2 aromatic heterocycles. The SMILES string of the molecule is CCCc1nccn1-c1nccc(CNC2CC2)c1F. The van der Waals surface area contributed by atoms with E-state index in [4.69, 9.17) is 0 Å². The highest BCUT2D eigenvalue weighted by molar-refractivity contribution is 5.32. The van der Waals surface area contributed by atoms with E-state index in [1.165, 1.54) is 12.8 Å². The molecule has 0 aliphatic heterocycles. The van der Waals surface area contributed by atoms with Gasteiger partial charge in [-0.2, -0.15) is 0 Å². The van der Waals surface area contributed by atoms with Crippen LogP contribution in [0.15, 0.2) is 24.7 Å². The summed E-state index contributed by atoms with van der Waals surface area (Å²) in [5.74, 6) is 0.947. The number of hydrogen-bond donors (Lipinski definition) is 1. The largest absolute Gasteiger partial charge is 0.310 e. The Labute approximate surface area is 118 Å². The lowest BCUT2D eigenvalue weighted by Gasteiger charge is -2.11. The number of imidazole rings is 1. The van der Waals surface area contributed by atoms with Gasteiger partial charge in [0.05, 0.1) is 0 Å². The first kappa shape index (κ1) is 13.2. The normalized spacial score (nSPS) is 14.7. The second kappa shape index (κ2) is 5.71. The summed E-state index contributed by atoms with van der Waals surface area (Å²) in [6, 6.07) is 2.31. The molecule has 0 radical (unpaired) electrons. The molecule has 0 bridgehead atoms. The second-order valence-corrected chi connectivity index (χ2v) is 5.23. The van der Waals surface area contributed by atoms with E-state index in [9.17, 15) is 4.39 Å². The average molecular weight is 274 g/mol. The first-order valence-electron chi connectivity index (χ1n) is 7.19. The van der Waals surface area contributed by atoms with Crippen LogP contribution in [0.1, 0.15) is 37.6 Å². The van der Waals surface area contributed by atoms with Gasteiger partial charge in [0, 0.05) is 43.2 Å². The molecule has 0 saturated heterocycles. The number of aryl methyl sites for hydroxylation is 1. The molecule has 0 unspecified atom stereocenters.